The SMILES string of the molecule is Cc1ccc(C(F)(F)F)cc1NCC1CC(F)(F)C(=O)O1. The Morgan fingerprint density at radius 1 is 1.38 bits per heavy atom. The van der Waals surface area contributed by atoms with Crippen LogP contribution in [0.1, 0.15) is 17.5 Å². The number of carbonyl (C=O) groups is 1. The van der Waals surface area contributed by atoms with Gasteiger partial charge >= 0.3 is 18.1 Å². The van der Waals surface area contributed by atoms with Gasteiger partial charge in [-0.15, -0.1) is 0 Å². The number of aryl methyl sites for hydroxylation is 1. The Hall–Kier alpha value is -1.86. The summed E-state index contributed by atoms with van der Waals surface area (Å²) < 4.78 is 68.2. The van der Waals surface area contributed by atoms with Crippen molar-refractivity contribution in [3.63, 3.8) is 0 Å². The molecule has 1 aromatic rings. The van der Waals surface area contributed by atoms with Crippen molar-refractivity contribution in [2.45, 2.75) is 31.5 Å². The predicted molar refractivity (Wildman–Crippen MR) is 64.1 cm³/mol. The van der Waals surface area contributed by atoms with Crippen LogP contribution >= 0.6 is 0 Å². The molecular formula is C13H12F5NO2. The van der Waals surface area contributed by atoms with E-state index in [1.807, 2.05) is 0 Å². The lowest BCUT2D eigenvalue weighted by molar-refractivity contribution is -0.158. The third-order valence-corrected chi connectivity index (χ3v) is 3.14. The molecule has 116 valence electrons. The number of alkyl halides is 5. The zero-order valence-corrected chi connectivity index (χ0v) is 10.9. The number of anilines is 1. The van der Waals surface area contributed by atoms with Crippen LogP contribution in [-0.2, 0) is 15.7 Å². The van der Waals surface area contributed by atoms with Gasteiger partial charge in [-0.1, -0.05) is 6.07 Å². The molecule has 1 fully saturated rings. The van der Waals surface area contributed by atoms with Gasteiger partial charge in [0.1, 0.15) is 6.10 Å². The van der Waals surface area contributed by atoms with Crippen LogP contribution in [0.3, 0.4) is 0 Å². The van der Waals surface area contributed by atoms with Crippen LogP contribution in [0.15, 0.2) is 18.2 Å². The zero-order chi connectivity index (χ0) is 15.8. The summed E-state index contributed by atoms with van der Waals surface area (Å²) >= 11 is 0. The van der Waals surface area contributed by atoms with E-state index in [-0.39, 0.29) is 12.2 Å². The molecule has 3 nitrogen and oxygen atoms in total. The number of nitrogens with one attached hydrogen (secondary N) is 1. The summed E-state index contributed by atoms with van der Waals surface area (Å²) in [7, 11) is 0. The molecule has 2 rings (SSSR count). The molecule has 8 heteroatoms. The van der Waals surface area contributed by atoms with Crippen LogP contribution in [-0.4, -0.2) is 24.5 Å². The van der Waals surface area contributed by atoms with E-state index in [1.54, 1.807) is 6.92 Å². The van der Waals surface area contributed by atoms with E-state index in [4.69, 9.17) is 0 Å². The van der Waals surface area contributed by atoms with Gasteiger partial charge in [0.2, 0.25) is 0 Å². The Bertz CT molecular complexity index is 556. The number of carbonyl (C=O) groups excluding carboxylic acids is 1. The largest absolute Gasteiger partial charge is 0.456 e. The highest BCUT2D eigenvalue weighted by Gasteiger charge is 2.50. The zero-order valence-electron chi connectivity index (χ0n) is 10.9. The maximum atomic E-state index is 13.0. The van der Waals surface area contributed by atoms with Crippen molar-refractivity contribution in [1.82, 2.24) is 0 Å². The fourth-order valence-corrected chi connectivity index (χ4v) is 1.97. The highest BCUT2D eigenvalue weighted by molar-refractivity contribution is 5.79. The number of hydrogen-bond acceptors (Lipinski definition) is 3. The van der Waals surface area contributed by atoms with Gasteiger partial charge in [-0.3, -0.25) is 0 Å². The molecule has 1 saturated heterocycles. The minimum atomic E-state index is -4.49. The fraction of sp³-hybridized carbons (Fsp3) is 0.462. The summed E-state index contributed by atoms with van der Waals surface area (Å²) in [5.41, 5.74) is -0.153. The van der Waals surface area contributed by atoms with E-state index >= 15 is 0 Å². The van der Waals surface area contributed by atoms with Crippen molar-refractivity contribution in [1.29, 1.82) is 0 Å². The Morgan fingerprint density at radius 2 is 2.05 bits per heavy atom. The van der Waals surface area contributed by atoms with Gasteiger partial charge in [0.25, 0.3) is 0 Å². The van der Waals surface area contributed by atoms with Gasteiger partial charge < -0.3 is 10.1 Å². The number of esters is 1. The second-order valence-electron chi connectivity index (χ2n) is 4.84. The van der Waals surface area contributed by atoms with Gasteiger partial charge in [-0.2, -0.15) is 22.0 Å². The lowest BCUT2D eigenvalue weighted by atomic mass is 10.1. The first-order valence-corrected chi connectivity index (χ1v) is 6.10. The minimum absolute atomic E-state index is 0.163. The van der Waals surface area contributed by atoms with E-state index < -0.39 is 36.2 Å². The van der Waals surface area contributed by atoms with Gasteiger partial charge in [-0.05, 0) is 24.6 Å². The number of ether oxygens (including phenoxy) is 1. The smallest absolute Gasteiger partial charge is 0.416 e. The minimum Gasteiger partial charge on any atom is -0.456 e. The van der Waals surface area contributed by atoms with Crippen molar-refractivity contribution in [2.75, 3.05) is 11.9 Å². The van der Waals surface area contributed by atoms with Crippen LogP contribution in [0.4, 0.5) is 27.6 Å². The quantitative estimate of drug-likeness (QED) is 0.687. The Kier molecular flexibility index (Phi) is 3.81. The highest BCUT2D eigenvalue weighted by atomic mass is 19.4. The van der Waals surface area contributed by atoms with Crippen LogP contribution in [0.5, 0.6) is 0 Å². The maximum absolute atomic E-state index is 13.0. The van der Waals surface area contributed by atoms with Crippen LogP contribution in [0.25, 0.3) is 0 Å². The number of hydrogen-bond donors (Lipinski definition) is 1. The van der Waals surface area contributed by atoms with E-state index in [9.17, 15) is 26.7 Å². The second-order valence-corrected chi connectivity index (χ2v) is 4.84. The number of halogens is 5. The summed E-state index contributed by atoms with van der Waals surface area (Å²) in [6.45, 7) is 1.40. The lowest BCUT2D eigenvalue weighted by Crippen LogP contribution is -2.22. The standard InChI is InChI=1S/C13H12F5NO2/c1-7-2-3-8(13(16,17)18)4-10(7)19-6-9-5-12(14,15)11(20)21-9/h2-4,9,19H,5-6H2,1H3. The maximum Gasteiger partial charge on any atom is 0.416 e. The fourth-order valence-electron chi connectivity index (χ4n) is 1.97. The molecule has 0 amide bonds. The number of rotatable bonds is 3. The summed E-state index contributed by atoms with van der Waals surface area (Å²) in [5, 5.41) is 2.62. The average molecular weight is 309 g/mol. The van der Waals surface area contributed by atoms with Crippen LogP contribution in [0, 0.1) is 6.92 Å². The van der Waals surface area contributed by atoms with E-state index in [0.717, 1.165) is 12.1 Å². The van der Waals surface area contributed by atoms with Gasteiger partial charge in [0, 0.05) is 5.69 Å². The van der Waals surface area contributed by atoms with E-state index in [1.165, 1.54) is 6.07 Å². The van der Waals surface area contributed by atoms with E-state index in [2.05, 4.69) is 10.1 Å². The van der Waals surface area contributed by atoms with Crippen molar-refractivity contribution >= 4 is 11.7 Å². The molecule has 1 aliphatic heterocycles. The molecule has 1 N–H and O–H groups in total. The first-order chi connectivity index (χ1) is 9.59. The Morgan fingerprint density at radius 3 is 2.57 bits per heavy atom. The summed E-state index contributed by atoms with van der Waals surface area (Å²) in [5.74, 6) is -5.13. The van der Waals surface area contributed by atoms with Crippen molar-refractivity contribution < 1.29 is 31.5 Å². The molecule has 0 aliphatic carbocycles. The van der Waals surface area contributed by atoms with Gasteiger partial charge in [0.05, 0.1) is 18.5 Å². The summed E-state index contributed by atoms with van der Waals surface area (Å²) in [4.78, 5) is 10.8. The second kappa shape index (κ2) is 5.16. The molecule has 0 bridgehead atoms. The predicted octanol–water partition coefficient (Wildman–Crippen LogP) is 3.38. The topological polar surface area (TPSA) is 38.3 Å². The summed E-state index contributed by atoms with van der Waals surface area (Å²) in [6, 6.07) is 3.11. The Labute approximate surface area is 117 Å². The number of benzene rings is 1. The average Bonchev–Trinajstić information content (AvgIpc) is 2.60. The monoisotopic (exact) mass is 309 g/mol. The lowest BCUT2D eigenvalue weighted by Gasteiger charge is -2.15. The molecule has 1 heterocycles. The van der Waals surface area contributed by atoms with Crippen molar-refractivity contribution in [3.8, 4) is 0 Å². The molecule has 1 aromatic carbocycles. The molecule has 0 spiro atoms. The molecule has 0 saturated carbocycles. The third-order valence-electron chi connectivity index (χ3n) is 3.14. The van der Waals surface area contributed by atoms with Crippen LogP contribution < -0.4 is 5.32 Å². The van der Waals surface area contributed by atoms with Gasteiger partial charge in [-0.25, -0.2) is 4.79 Å². The summed E-state index contributed by atoms with van der Waals surface area (Å²) in [6.07, 6.45) is -6.34. The molecule has 21 heavy (non-hydrogen) atoms. The first-order valence-electron chi connectivity index (χ1n) is 6.10. The third kappa shape index (κ3) is 3.43. The number of cyclic esters (lactones) is 1. The first kappa shape index (κ1) is 15.5. The Balaban J connectivity index is 2.06. The molecule has 0 aromatic heterocycles. The van der Waals surface area contributed by atoms with Crippen molar-refractivity contribution in [3.05, 3.63) is 29.3 Å². The normalized spacial score (nSPS) is 21.2. The molecule has 1 unspecified atom stereocenters. The molecule has 0 radical (unpaired) electrons. The highest BCUT2D eigenvalue weighted by Crippen LogP contribution is 2.33. The van der Waals surface area contributed by atoms with Crippen LogP contribution in [0.2, 0.25) is 0 Å². The molecule has 1 atom stereocenters. The molecular weight excluding hydrogens is 297 g/mol. The van der Waals surface area contributed by atoms with Gasteiger partial charge in [0.15, 0.2) is 0 Å². The molecule has 1 aliphatic rings. The van der Waals surface area contributed by atoms with E-state index in [0.29, 0.717) is 5.56 Å². The van der Waals surface area contributed by atoms with Crippen molar-refractivity contribution in [2.24, 2.45) is 0 Å².